The number of benzene rings is 2. The van der Waals surface area contributed by atoms with Crippen LogP contribution in [0.1, 0.15) is 5.56 Å². The van der Waals surface area contributed by atoms with Crippen LogP contribution in [0.4, 0.5) is 16.2 Å². The fraction of sp³-hybridized carbons (Fsp3) is 0.111. The van der Waals surface area contributed by atoms with Crippen LogP contribution < -0.4 is 10.6 Å². The lowest BCUT2D eigenvalue weighted by atomic mass is 10.1. The Hall–Kier alpha value is -2.60. The molecular weight excluding hydrogens is 368 g/mol. The second-order valence-corrected chi connectivity index (χ2v) is 6.38. The van der Waals surface area contributed by atoms with Gasteiger partial charge in [-0.25, -0.2) is 4.79 Å². The first kappa shape index (κ1) is 16.3. The van der Waals surface area contributed by atoms with Crippen molar-refractivity contribution >= 4 is 33.3 Å². The summed E-state index contributed by atoms with van der Waals surface area (Å²) >= 11 is 3.50. The van der Waals surface area contributed by atoms with Crippen molar-refractivity contribution < 1.29 is 4.79 Å². The molecule has 24 heavy (non-hydrogen) atoms. The number of carbonyl (C=O) groups excluding carboxylic acids is 1. The molecule has 0 unspecified atom stereocenters. The van der Waals surface area contributed by atoms with Crippen LogP contribution in [0.3, 0.4) is 0 Å². The Morgan fingerprint density at radius 1 is 1.08 bits per heavy atom. The van der Waals surface area contributed by atoms with E-state index in [4.69, 9.17) is 0 Å². The molecule has 0 aliphatic rings. The number of nitrogens with one attached hydrogen (secondary N) is 2. The van der Waals surface area contributed by atoms with Gasteiger partial charge in [-0.2, -0.15) is 5.10 Å². The molecule has 0 aliphatic carbocycles. The maximum Gasteiger partial charge on any atom is 0.323 e. The molecule has 0 aliphatic heterocycles. The van der Waals surface area contributed by atoms with E-state index in [1.165, 1.54) is 0 Å². The second kappa shape index (κ2) is 6.88. The highest BCUT2D eigenvalue weighted by molar-refractivity contribution is 9.10. The average Bonchev–Trinajstić information content (AvgIpc) is 2.88. The summed E-state index contributed by atoms with van der Waals surface area (Å²) in [7, 11) is 1.87. The van der Waals surface area contributed by atoms with Gasteiger partial charge in [0.15, 0.2) is 0 Å². The van der Waals surface area contributed by atoms with E-state index in [0.717, 1.165) is 27.0 Å². The highest BCUT2D eigenvalue weighted by Gasteiger charge is 2.09. The van der Waals surface area contributed by atoms with Crippen LogP contribution in [0.15, 0.2) is 59.2 Å². The average molecular weight is 385 g/mol. The lowest BCUT2D eigenvalue weighted by molar-refractivity contribution is 0.262. The zero-order valence-electron chi connectivity index (χ0n) is 13.4. The Labute approximate surface area is 148 Å². The van der Waals surface area contributed by atoms with Gasteiger partial charge in [0.25, 0.3) is 0 Å². The fourth-order valence-electron chi connectivity index (χ4n) is 2.33. The van der Waals surface area contributed by atoms with Crippen LogP contribution in [-0.2, 0) is 7.05 Å². The number of hydrogen-bond acceptors (Lipinski definition) is 2. The standard InChI is InChI=1S/C18H17BrN4O/c1-12-6-8-14(9-7-12)20-18(24)21-15-5-3-4-13(10-15)17-16(19)11-23(2)22-17/h3-11H,1-2H3,(H2,20,21,24). The molecule has 6 heteroatoms. The minimum atomic E-state index is -0.281. The number of halogens is 1. The monoisotopic (exact) mass is 384 g/mol. The summed E-state index contributed by atoms with van der Waals surface area (Å²) in [6.07, 6.45) is 1.89. The van der Waals surface area contributed by atoms with E-state index >= 15 is 0 Å². The molecule has 2 N–H and O–H groups in total. The van der Waals surface area contributed by atoms with E-state index in [1.807, 2.05) is 68.7 Å². The van der Waals surface area contributed by atoms with E-state index in [2.05, 4.69) is 31.7 Å². The maximum atomic E-state index is 12.1. The summed E-state index contributed by atoms with van der Waals surface area (Å²) in [5.74, 6) is 0. The Bertz CT molecular complexity index is 871. The van der Waals surface area contributed by atoms with Crippen molar-refractivity contribution in [2.75, 3.05) is 10.6 Å². The first-order valence-electron chi connectivity index (χ1n) is 7.45. The van der Waals surface area contributed by atoms with Gasteiger partial charge in [0, 0.05) is 30.2 Å². The fourth-order valence-corrected chi connectivity index (χ4v) is 2.93. The van der Waals surface area contributed by atoms with E-state index in [1.54, 1.807) is 4.68 Å². The van der Waals surface area contributed by atoms with Crippen LogP contribution >= 0.6 is 15.9 Å². The quantitative estimate of drug-likeness (QED) is 0.680. The largest absolute Gasteiger partial charge is 0.323 e. The summed E-state index contributed by atoms with van der Waals surface area (Å²) in [6, 6.07) is 14.9. The zero-order chi connectivity index (χ0) is 17.1. The Kier molecular flexibility index (Phi) is 4.66. The predicted molar refractivity (Wildman–Crippen MR) is 100 cm³/mol. The molecule has 2 amide bonds. The van der Waals surface area contributed by atoms with Crippen LogP contribution in [-0.4, -0.2) is 15.8 Å². The number of anilines is 2. The molecule has 0 saturated heterocycles. The molecule has 0 bridgehead atoms. The van der Waals surface area contributed by atoms with Crippen molar-refractivity contribution in [3.8, 4) is 11.3 Å². The number of aromatic nitrogens is 2. The first-order valence-corrected chi connectivity index (χ1v) is 8.25. The summed E-state index contributed by atoms with van der Waals surface area (Å²) in [6.45, 7) is 2.01. The van der Waals surface area contributed by atoms with Crippen LogP contribution in [0.25, 0.3) is 11.3 Å². The van der Waals surface area contributed by atoms with Gasteiger partial charge >= 0.3 is 6.03 Å². The van der Waals surface area contributed by atoms with Gasteiger partial charge in [0.2, 0.25) is 0 Å². The van der Waals surface area contributed by atoms with E-state index in [9.17, 15) is 4.79 Å². The smallest absolute Gasteiger partial charge is 0.308 e. The van der Waals surface area contributed by atoms with Gasteiger partial charge in [-0.05, 0) is 47.1 Å². The highest BCUT2D eigenvalue weighted by atomic mass is 79.9. The van der Waals surface area contributed by atoms with Gasteiger partial charge in [0.1, 0.15) is 5.69 Å². The number of nitrogens with zero attached hydrogens (tertiary/aromatic N) is 2. The molecular formula is C18H17BrN4O. The van der Waals surface area contributed by atoms with E-state index < -0.39 is 0 Å². The summed E-state index contributed by atoms with van der Waals surface area (Å²) in [5, 5.41) is 10.1. The maximum absolute atomic E-state index is 12.1. The van der Waals surface area contributed by atoms with E-state index in [0.29, 0.717) is 5.69 Å². The van der Waals surface area contributed by atoms with Gasteiger partial charge in [-0.1, -0.05) is 29.8 Å². The van der Waals surface area contributed by atoms with Crippen molar-refractivity contribution in [1.82, 2.24) is 9.78 Å². The lowest BCUT2D eigenvalue weighted by Gasteiger charge is -2.09. The third-order valence-electron chi connectivity index (χ3n) is 3.49. The molecule has 0 radical (unpaired) electrons. The summed E-state index contributed by atoms with van der Waals surface area (Å²) < 4.78 is 2.65. The molecule has 0 fully saturated rings. The molecule has 0 saturated carbocycles. The molecule has 3 aromatic rings. The van der Waals surface area contributed by atoms with Crippen LogP contribution in [0, 0.1) is 6.92 Å². The molecule has 3 rings (SSSR count). The van der Waals surface area contributed by atoms with E-state index in [-0.39, 0.29) is 6.03 Å². The van der Waals surface area contributed by atoms with Crippen molar-refractivity contribution in [3.63, 3.8) is 0 Å². The number of carbonyl (C=O) groups is 1. The van der Waals surface area contributed by atoms with Crippen molar-refractivity contribution in [3.05, 3.63) is 64.8 Å². The third kappa shape index (κ3) is 3.83. The summed E-state index contributed by atoms with van der Waals surface area (Å²) in [4.78, 5) is 12.1. The Morgan fingerprint density at radius 2 is 1.79 bits per heavy atom. The lowest BCUT2D eigenvalue weighted by Crippen LogP contribution is -2.19. The van der Waals surface area contributed by atoms with Crippen LogP contribution in [0.2, 0.25) is 0 Å². The zero-order valence-corrected chi connectivity index (χ0v) is 15.0. The highest BCUT2D eigenvalue weighted by Crippen LogP contribution is 2.28. The first-order chi connectivity index (χ1) is 11.5. The van der Waals surface area contributed by atoms with Gasteiger partial charge in [-0.15, -0.1) is 0 Å². The predicted octanol–water partition coefficient (Wildman–Crippen LogP) is 4.80. The molecule has 0 atom stereocenters. The number of hydrogen-bond donors (Lipinski definition) is 2. The van der Waals surface area contributed by atoms with Gasteiger partial charge < -0.3 is 10.6 Å². The second-order valence-electron chi connectivity index (χ2n) is 5.53. The van der Waals surface area contributed by atoms with Gasteiger partial charge in [0.05, 0.1) is 4.47 Å². The Balaban J connectivity index is 1.73. The number of rotatable bonds is 3. The summed E-state index contributed by atoms with van der Waals surface area (Å²) in [5.41, 5.74) is 4.36. The molecule has 1 heterocycles. The number of amides is 2. The van der Waals surface area contributed by atoms with Crippen molar-refractivity contribution in [1.29, 1.82) is 0 Å². The molecule has 5 nitrogen and oxygen atoms in total. The van der Waals surface area contributed by atoms with Gasteiger partial charge in [-0.3, -0.25) is 4.68 Å². The number of urea groups is 1. The number of aryl methyl sites for hydroxylation is 2. The molecule has 122 valence electrons. The third-order valence-corrected chi connectivity index (χ3v) is 4.07. The topological polar surface area (TPSA) is 59.0 Å². The Morgan fingerprint density at radius 3 is 2.46 bits per heavy atom. The minimum absolute atomic E-state index is 0.281. The van der Waals surface area contributed by atoms with Crippen LogP contribution in [0.5, 0.6) is 0 Å². The van der Waals surface area contributed by atoms with Crippen molar-refractivity contribution in [2.24, 2.45) is 7.05 Å². The SMILES string of the molecule is Cc1ccc(NC(=O)Nc2cccc(-c3nn(C)cc3Br)c2)cc1. The minimum Gasteiger partial charge on any atom is -0.308 e. The molecule has 2 aromatic carbocycles. The normalized spacial score (nSPS) is 10.5. The molecule has 0 spiro atoms. The van der Waals surface area contributed by atoms with Crippen molar-refractivity contribution in [2.45, 2.75) is 6.92 Å². The molecule has 1 aromatic heterocycles.